The smallest absolute Gasteiger partial charge is 0.123 e. The van der Waals surface area contributed by atoms with Crippen molar-refractivity contribution in [1.29, 1.82) is 0 Å². The van der Waals surface area contributed by atoms with Gasteiger partial charge in [0.05, 0.1) is 6.10 Å². The molecule has 19 heavy (non-hydrogen) atoms. The van der Waals surface area contributed by atoms with Crippen molar-refractivity contribution in [2.45, 2.75) is 51.6 Å². The molecule has 0 saturated heterocycles. The SMILES string of the molecule is CCCC1CCC(O)C(Cc2cc(F)ccc2Cl)C1. The van der Waals surface area contributed by atoms with Gasteiger partial charge in [-0.15, -0.1) is 0 Å². The van der Waals surface area contributed by atoms with E-state index in [-0.39, 0.29) is 17.8 Å². The van der Waals surface area contributed by atoms with Crippen LogP contribution in [-0.4, -0.2) is 11.2 Å². The first-order valence-electron chi connectivity index (χ1n) is 7.22. The Kier molecular flexibility index (Phi) is 5.23. The van der Waals surface area contributed by atoms with Gasteiger partial charge in [0.25, 0.3) is 0 Å². The summed E-state index contributed by atoms with van der Waals surface area (Å²) in [5, 5.41) is 10.7. The summed E-state index contributed by atoms with van der Waals surface area (Å²) in [6.45, 7) is 2.20. The Bertz CT molecular complexity index is 421. The molecule has 1 nitrogen and oxygen atoms in total. The standard InChI is InChI=1S/C16H22ClFO/c1-2-3-11-4-7-16(19)13(8-11)9-12-10-14(18)5-6-15(12)17/h5-6,10-11,13,16,19H,2-4,7-9H2,1H3. The molecule has 0 aromatic heterocycles. The minimum atomic E-state index is -0.271. The normalized spacial score (nSPS) is 27.5. The van der Waals surface area contributed by atoms with E-state index in [4.69, 9.17) is 11.6 Å². The first-order valence-corrected chi connectivity index (χ1v) is 7.60. The number of hydrogen-bond donors (Lipinski definition) is 1. The molecule has 3 heteroatoms. The second-order valence-corrected chi connectivity index (χ2v) is 6.14. The molecular weight excluding hydrogens is 263 g/mol. The van der Waals surface area contributed by atoms with E-state index in [1.165, 1.54) is 25.0 Å². The summed E-state index contributed by atoms with van der Waals surface area (Å²) in [5.74, 6) is 0.658. The summed E-state index contributed by atoms with van der Waals surface area (Å²) >= 11 is 6.11. The number of hydrogen-bond acceptors (Lipinski definition) is 1. The lowest BCUT2D eigenvalue weighted by atomic mass is 9.75. The summed E-state index contributed by atoms with van der Waals surface area (Å²) in [5.41, 5.74) is 0.822. The van der Waals surface area contributed by atoms with Gasteiger partial charge in [-0.2, -0.15) is 0 Å². The molecule has 1 aliphatic carbocycles. The number of aliphatic hydroxyl groups excluding tert-OH is 1. The Balaban J connectivity index is 2.05. The molecule has 106 valence electrons. The zero-order valence-corrected chi connectivity index (χ0v) is 12.2. The molecule has 0 aliphatic heterocycles. The van der Waals surface area contributed by atoms with Crippen molar-refractivity contribution in [2.24, 2.45) is 11.8 Å². The van der Waals surface area contributed by atoms with Crippen LogP contribution in [0.15, 0.2) is 18.2 Å². The minimum absolute atomic E-state index is 0.213. The van der Waals surface area contributed by atoms with Gasteiger partial charge >= 0.3 is 0 Å². The van der Waals surface area contributed by atoms with E-state index in [9.17, 15) is 9.50 Å². The van der Waals surface area contributed by atoms with E-state index in [0.29, 0.717) is 17.4 Å². The van der Waals surface area contributed by atoms with Crippen molar-refractivity contribution in [1.82, 2.24) is 0 Å². The highest BCUT2D eigenvalue weighted by molar-refractivity contribution is 6.31. The highest BCUT2D eigenvalue weighted by Gasteiger charge is 2.29. The van der Waals surface area contributed by atoms with Crippen LogP contribution in [0.3, 0.4) is 0 Å². The third-order valence-corrected chi connectivity index (χ3v) is 4.61. The Labute approximate surface area is 119 Å². The fourth-order valence-electron chi connectivity index (χ4n) is 3.22. The van der Waals surface area contributed by atoms with Crippen molar-refractivity contribution in [3.8, 4) is 0 Å². The fraction of sp³-hybridized carbons (Fsp3) is 0.625. The summed E-state index contributed by atoms with van der Waals surface area (Å²) in [7, 11) is 0. The molecular formula is C16H22ClFO. The molecule has 1 aliphatic rings. The molecule has 3 atom stereocenters. The lowest BCUT2D eigenvalue weighted by Gasteiger charge is -2.33. The number of benzene rings is 1. The van der Waals surface area contributed by atoms with Gasteiger partial charge in [0, 0.05) is 5.02 Å². The highest BCUT2D eigenvalue weighted by atomic mass is 35.5. The summed E-state index contributed by atoms with van der Waals surface area (Å²) in [6.07, 6.45) is 5.83. The molecule has 1 aromatic carbocycles. The second-order valence-electron chi connectivity index (χ2n) is 5.74. The van der Waals surface area contributed by atoms with E-state index in [1.54, 1.807) is 6.07 Å². The summed E-state index contributed by atoms with van der Waals surface area (Å²) < 4.78 is 13.3. The number of halogens is 2. The van der Waals surface area contributed by atoms with Crippen LogP contribution in [0.5, 0.6) is 0 Å². The lowest BCUT2D eigenvalue weighted by molar-refractivity contribution is 0.0462. The first kappa shape index (κ1) is 14.8. The molecule has 1 aromatic rings. The fourth-order valence-corrected chi connectivity index (χ4v) is 3.41. The Morgan fingerprint density at radius 3 is 2.89 bits per heavy atom. The van der Waals surface area contributed by atoms with Gasteiger partial charge < -0.3 is 5.11 Å². The highest BCUT2D eigenvalue weighted by Crippen LogP contribution is 2.35. The van der Waals surface area contributed by atoms with Gasteiger partial charge in [0.2, 0.25) is 0 Å². The predicted octanol–water partition coefficient (Wildman–Crippen LogP) is 4.60. The van der Waals surface area contributed by atoms with Gasteiger partial charge in [-0.05, 0) is 61.3 Å². The average Bonchev–Trinajstić information content (AvgIpc) is 2.38. The molecule has 0 amide bonds. The van der Waals surface area contributed by atoms with E-state index in [0.717, 1.165) is 24.8 Å². The quantitative estimate of drug-likeness (QED) is 0.857. The topological polar surface area (TPSA) is 20.2 Å². The van der Waals surface area contributed by atoms with Crippen LogP contribution >= 0.6 is 11.6 Å². The van der Waals surface area contributed by atoms with Crippen LogP contribution in [-0.2, 0) is 6.42 Å². The van der Waals surface area contributed by atoms with E-state index < -0.39 is 0 Å². The van der Waals surface area contributed by atoms with Crippen molar-refractivity contribution in [2.75, 3.05) is 0 Å². The first-order chi connectivity index (χ1) is 9.10. The number of aliphatic hydroxyl groups is 1. The molecule has 0 bridgehead atoms. The second kappa shape index (κ2) is 6.71. The van der Waals surface area contributed by atoms with Crippen LogP contribution in [0.2, 0.25) is 5.02 Å². The Morgan fingerprint density at radius 1 is 1.37 bits per heavy atom. The van der Waals surface area contributed by atoms with Crippen LogP contribution in [0.25, 0.3) is 0 Å². The lowest BCUT2D eigenvalue weighted by Crippen LogP contribution is -2.30. The van der Waals surface area contributed by atoms with Crippen LogP contribution < -0.4 is 0 Å². The maximum absolute atomic E-state index is 13.3. The molecule has 0 spiro atoms. The van der Waals surface area contributed by atoms with Gasteiger partial charge in [-0.3, -0.25) is 0 Å². The van der Waals surface area contributed by atoms with E-state index >= 15 is 0 Å². The molecule has 1 fully saturated rings. The molecule has 1 N–H and O–H groups in total. The minimum Gasteiger partial charge on any atom is -0.393 e. The van der Waals surface area contributed by atoms with Crippen LogP contribution in [0.1, 0.15) is 44.6 Å². The molecule has 1 saturated carbocycles. The summed E-state index contributed by atoms with van der Waals surface area (Å²) in [6, 6.07) is 4.48. The summed E-state index contributed by atoms with van der Waals surface area (Å²) in [4.78, 5) is 0. The Hall–Kier alpha value is -0.600. The maximum atomic E-state index is 13.3. The van der Waals surface area contributed by atoms with Gasteiger partial charge in [0.15, 0.2) is 0 Å². The van der Waals surface area contributed by atoms with Crippen LogP contribution in [0.4, 0.5) is 4.39 Å². The van der Waals surface area contributed by atoms with Gasteiger partial charge in [-0.1, -0.05) is 31.4 Å². The maximum Gasteiger partial charge on any atom is 0.123 e. The van der Waals surface area contributed by atoms with Gasteiger partial charge in [0.1, 0.15) is 5.82 Å². The zero-order valence-electron chi connectivity index (χ0n) is 11.4. The van der Waals surface area contributed by atoms with Gasteiger partial charge in [-0.25, -0.2) is 4.39 Å². The van der Waals surface area contributed by atoms with Crippen molar-refractivity contribution in [3.63, 3.8) is 0 Å². The zero-order chi connectivity index (χ0) is 13.8. The monoisotopic (exact) mass is 284 g/mol. The van der Waals surface area contributed by atoms with E-state index in [2.05, 4.69) is 6.92 Å². The Morgan fingerprint density at radius 2 is 2.16 bits per heavy atom. The molecule has 0 heterocycles. The van der Waals surface area contributed by atoms with E-state index in [1.807, 2.05) is 0 Å². The molecule has 2 rings (SSSR count). The third kappa shape index (κ3) is 3.93. The predicted molar refractivity (Wildman–Crippen MR) is 76.9 cm³/mol. The van der Waals surface area contributed by atoms with Crippen LogP contribution in [0, 0.1) is 17.7 Å². The van der Waals surface area contributed by atoms with Crippen molar-refractivity contribution < 1.29 is 9.50 Å². The third-order valence-electron chi connectivity index (χ3n) is 4.24. The van der Waals surface area contributed by atoms with Crippen molar-refractivity contribution >= 4 is 11.6 Å². The molecule has 0 radical (unpaired) electrons. The largest absolute Gasteiger partial charge is 0.393 e. The number of rotatable bonds is 4. The molecule has 3 unspecified atom stereocenters. The average molecular weight is 285 g/mol. The van der Waals surface area contributed by atoms with Crippen molar-refractivity contribution in [3.05, 3.63) is 34.6 Å².